The van der Waals surface area contributed by atoms with Crippen LogP contribution in [0.4, 0.5) is 5.95 Å². The van der Waals surface area contributed by atoms with Crippen LogP contribution in [0.15, 0.2) is 12.3 Å². The molecule has 4 heteroatoms. The van der Waals surface area contributed by atoms with Crippen LogP contribution in [-0.2, 0) is 0 Å². The van der Waals surface area contributed by atoms with E-state index in [0.29, 0.717) is 11.9 Å². The lowest BCUT2D eigenvalue weighted by atomic mass is 10.1. The van der Waals surface area contributed by atoms with E-state index in [1.165, 1.54) is 0 Å². The largest absolute Gasteiger partial charge is 0.368 e. The molecule has 0 spiro atoms. The minimum Gasteiger partial charge on any atom is -0.368 e. The minimum atomic E-state index is 0.299. The molecule has 0 fully saturated rings. The molecule has 0 saturated heterocycles. The van der Waals surface area contributed by atoms with Crippen LogP contribution in [0, 0.1) is 6.92 Å². The number of fused-ring (bicyclic) bond motifs is 1. The van der Waals surface area contributed by atoms with Gasteiger partial charge in [0.25, 0.3) is 0 Å². The van der Waals surface area contributed by atoms with E-state index in [2.05, 4.69) is 28.8 Å². The van der Waals surface area contributed by atoms with Crippen LogP contribution in [-0.4, -0.2) is 15.0 Å². The zero-order valence-corrected chi connectivity index (χ0v) is 9.15. The molecule has 2 aromatic heterocycles. The molecule has 0 aromatic carbocycles. The summed E-state index contributed by atoms with van der Waals surface area (Å²) in [6, 6.07) is 1.98. The number of hydrogen-bond donors (Lipinski definition) is 1. The zero-order chi connectivity index (χ0) is 11.0. The Morgan fingerprint density at radius 1 is 1.27 bits per heavy atom. The van der Waals surface area contributed by atoms with Crippen LogP contribution < -0.4 is 5.73 Å². The number of nitrogens with two attached hydrogens (primary N) is 1. The van der Waals surface area contributed by atoms with Gasteiger partial charge in [-0.05, 0) is 24.5 Å². The molecule has 0 bridgehead atoms. The van der Waals surface area contributed by atoms with Gasteiger partial charge in [-0.2, -0.15) is 0 Å². The van der Waals surface area contributed by atoms with Gasteiger partial charge >= 0.3 is 0 Å². The van der Waals surface area contributed by atoms with E-state index in [0.717, 1.165) is 22.3 Å². The van der Waals surface area contributed by atoms with Gasteiger partial charge in [0.1, 0.15) is 5.52 Å². The fourth-order valence-corrected chi connectivity index (χ4v) is 1.56. The molecule has 2 rings (SSSR count). The summed E-state index contributed by atoms with van der Waals surface area (Å²) >= 11 is 0. The maximum absolute atomic E-state index is 5.66. The summed E-state index contributed by atoms with van der Waals surface area (Å²) in [7, 11) is 0. The van der Waals surface area contributed by atoms with Crippen LogP contribution in [0.5, 0.6) is 0 Å². The van der Waals surface area contributed by atoms with Crippen molar-refractivity contribution in [2.45, 2.75) is 26.7 Å². The van der Waals surface area contributed by atoms with Gasteiger partial charge in [-0.1, -0.05) is 13.8 Å². The van der Waals surface area contributed by atoms with Crippen molar-refractivity contribution in [1.82, 2.24) is 15.0 Å². The third kappa shape index (κ3) is 1.75. The number of aromatic nitrogens is 3. The normalized spacial score (nSPS) is 11.2. The van der Waals surface area contributed by atoms with E-state index in [1.807, 2.05) is 19.2 Å². The summed E-state index contributed by atoms with van der Waals surface area (Å²) in [5.41, 5.74) is 9.33. The summed E-state index contributed by atoms with van der Waals surface area (Å²) < 4.78 is 0. The highest BCUT2D eigenvalue weighted by molar-refractivity contribution is 5.78. The van der Waals surface area contributed by atoms with Crippen molar-refractivity contribution in [2.24, 2.45) is 0 Å². The predicted octanol–water partition coefficient (Wildman–Crippen LogP) is 2.04. The van der Waals surface area contributed by atoms with E-state index in [4.69, 9.17) is 5.73 Å². The number of nitrogens with zero attached hydrogens (tertiary/aromatic N) is 3. The number of nitrogen functional groups attached to an aromatic ring is 1. The molecule has 0 amide bonds. The van der Waals surface area contributed by atoms with Crippen LogP contribution >= 0.6 is 0 Å². The second kappa shape index (κ2) is 3.46. The standard InChI is InChI=1S/C11H14N4/c1-6(2)9-10-8(14-11(12)15-9)4-7(3)5-13-10/h4-6H,1-3H3,(H2,12,14,15). The van der Waals surface area contributed by atoms with Gasteiger partial charge in [-0.15, -0.1) is 0 Å². The lowest BCUT2D eigenvalue weighted by molar-refractivity contribution is 0.827. The first-order chi connectivity index (χ1) is 7.08. The Hall–Kier alpha value is -1.71. The molecule has 0 aliphatic carbocycles. The van der Waals surface area contributed by atoms with E-state index < -0.39 is 0 Å². The Bertz CT molecular complexity index is 500. The zero-order valence-electron chi connectivity index (χ0n) is 9.15. The van der Waals surface area contributed by atoms with Crippen molar-refractivity contribution in [2.75, 3.05) is 5.73 Å². The van der Waals surface area contributed by atoms with E-state index >= 15 is 0 Å². The second-order valence-electron chi connectivity index (χ2n) is 4.00. The molecular weight excluding hydrogens is 188 g/mol. The van der Waals surface area contributed by atoms with Crippen LogP contribution in [0.3, 0.4) is 0 Å². The van der Waals surface area contributed by atoms with Gasteiger partial charge < -0.3 is 5.73 Å². The lowest BCUT2D eigenvalue weighted by Gasteiger charge is -2.08. The van der Waals surface area contributed by atoms with Crippen molar-refractivity contribution in [3.63, 3.8) is 0 Å². The number of aryl methyl sites for hydroxylation is 1. The van der Waals surface area contributed by atoms with Crippen molar-refractivity contribution in [3.8, 4) is 0 Å². The maximum Gasteiger partial charge on any atom is 0.220 e. The van der Waals surface area contributed by atoms with Crippen LogP contribution in [0.2, 0.25) is 0 Å². The topological polar surface area (TPSA) is 64.7 Å². The highest BCUT2D eigenvalue weighted by Gasteiger charge is 2.10. The first kappa shape index (κ1) is 9.83. The molecule has 2 aromatic rings. The fraction of sp³-hybridized carbons (Fsp3) is 0.364. The lowest BCUT2D eigenvalue weighted by Crippen LogP contribution is -2.03. The number of pyridine rings is 1. The third-order valence-electron chi connectivity index (χ3n) is 2.26. The van der Waals surface area contributed by atoms with Crippen molar-refractivity contribution in [1.29, 1.82) is 0 Å². The smallest absolute Gasteiger partial charge is 0.220 e. The summed E-state index contributed by atoms with van der Waals surface area (Å²) in [6.07, 6.45) is 1.83. The molecule has 0 aliphatic heterocycles. The molecule has 4 nitrogen and oxygen atoms in total. The first-order valence-corrected chi connectivity index (χ1v) is 4.97. The van der Waals surface area contributed by atoms with Gasteiger partial charge in [0.2, 0.25) is 5.95 Å². The Morgan fingerprint density at radius 2 is 2.00 bits per heavy atom. The Labute approximate surface area is 88.6 Å². The molecule has 0 saturated carbocycles. The van der Waals surface area contributed by atoms with E-state index in [9.17, 15) is 0 Å². The van der Waals surface area contributed by atoms with Crippen molar-refractivity contribution < 1.29 is 0 Å². The molecule has 0 atom stereocenters. The summed E-state index contributed by atoms with van der Waals surface area (Å²) in [5.74, 6) is 0.617. The molecule has 2 heterocycles. The number of rotatable bonds is 1. The molecule has 15 heavy (non-hydrogen) atoms. The molecular formula is C11H14N4. The average molecular weight is 202 g/mol. The summed E-state index contributed by atoms with van der Waals surface area (Å²) in [4.78, 5) is 12.8. The SMILES string of the molecule is Cc1cnc2c(C(C)C)nc(N)nc2c1. The summed E-state index contributed by atoms with van der Waals surface area (Å²) in [6.45, 7) is 6.13. The average Bonchev–Trinajstić information content (AvgIpc) is 2.15. The molecule has 2 N–H and O–H groups in total. The maximum atomic E-state index is 5.66. The van der Waals surface area contributed by atoms with E-state index in [-0.39, 0.29) is 0 Å². The van der Waals surface area contributed by atoms with Gasteiger partial charge in [0.05, 0.1) is 11.2 Å². The second-order valence-corrected chi connectivity index (χ2v) is 4.00. The number of hydrogen-bond acceptors (Lipinski definition) is 4. The van der Waals surface area contributed by atoms with Crippen LogP contribution in [0.25, 0.3) is 11.0 Å². The van der Waals surface area contributed by atoms with Crippen molar-refractivity contribution in [3.05, 3.63) is 23.5 Å². The monoisotopic (exact) mass is 202 g/mol. The van der Waals surface area contributed by atoms with Gasteiger partial charge in [0.15, 0.2) is 0 Å². The Kier molecular flexibility index (Phi) is 2.26. The molecule has 0 aliphatic rings. The van der Waals surface area contributed by atoms with Gasteiger partial charge in [0, 0.05) is 6.20 Å². The quantitative estimate of drug-likeness (QED) is 0.768. The predicted molar refractivity (Wildman–Crippen MR) is 60.6 cm³/mol. The highest BCUT2D eigenvalue weighted by Crippen LogP contribution is 2.21. The first-order valence-electron chi connectivity index (χ1n) is 4.97. The Morgan fingerprint density at radius 3 is 2.67 bits per heavy atom. The Balaban J connectivity index is 2.80. The third-order valence-corrected chi connectivity index (χ3v) is 2.26. The minimum absolute atomic E-state index is 0.299. The highest BCUT2D eigenvalue weighted by atomic mass is 15.0. The summed E-state index contributed by atoms with van der Waals surface area (Å²) in [5, 5.41) is 0. The van der Waals surface area contributed by atoms with Crippen LogP contribution in [0.1, 0.15) is 31.0 Å². The number of anilines is 1. The molecule has 0 unspecified atom stereocenters. The molecule has 78 valence electrons. The fourth-order valence-electron chi connectivity index (χ4n) is 1.56. The molecule has 0 radical (unpaired) electrons. The van der Waals surface area contributed by atoms with Gasteiger partial charge in [-0.3, -0.25) is 4.98 Å². The van der Waals surface area contributed by atoms with Crippen molar-refractivity contribution >= 4 is 17.0 Å². The van der Waals surface area contributed by atoms with Gasteiger partial charge in [-0.25, -0.2) is 9.97 Å². The van der Waals surface area contributed by atoms with E-state index in [1.54, 1.807) is 0 Å².